The van der Waals surface area contributed by atoms with Gasteiger partial charge in [0.15, 0.2) is 5.37 Å². The second kappa shape index (κ2) is 10.3. The molecule has 2 atom stereocenters. The summed E-state index contributed by atoms with van der Waals surface area (Å²) in [6.07, 6.45) is 1.39. The number of rotatable bonds is 6. The first-order valence-electron chi connectivity index (χ1n) is 12.4. The van der Waals surface area contributed by atoms with E-state index in [0.29, 0.717) is 31.8 Å². The highest BCUT2D eigenvalue weighted by Gasteiger charge is 2.47. The lowest BCUT2D eigenvalue weighted by Crippen LogP contribution is -2.69. The number of fused-ring (bicyclic) bond motifs is 2. The molecule has 0 radical (unpaired) electrons. The van der Waals surface area contributed by atoms with Crippen molar-refractivity contribution >= 4 is 71.5 Å². The van der Waals surface area contributed by atoms with Crippen LogP contribution in [0.2, 0.25) is 5.02 Å². The van der Waals surface area contributed by atoms with E-state index in [4.69, 9.17) is 22.1 Å². The van der Waals surface area contributed by atoms with Crippen molar-refractivity contribution in [1.82, 2.24) is 20.6 Å². The molecule has 1 amide bonds. The van der Waals surface area contributed by atoms with Gasteiger partial charge in [0.2, 0.25) is 9.84 Å². The molecule has 0 spiro atoms. The summed E-state index contributed by atoms with van der Waals surface area (Å²) in [7, 11) is -4.09. The number of benzene rings is 2. The van der Waals surface area contributed by atoms with Crippen LogP contribution in [0, 0.1) is 0 Å². The van der Waals surface area contributed by atoms with E-state index in [1.165, 1.54) is 12.4 Å². The Morgan fingerprint density at radius 2 is 1.98 bits per heavy atom. The lowest BCUT2D eigenvalue weighted by atomic mass is 9.85. The molecular weight excluding hydrogens is 574 g/mol. The number of nitrogens with zero attached hydrogens (tertiary/aromatic N) is 2. The number of halogens is 1. The summed E-state index contributed by atoms with van der Waals surface area (Å²) in [6, 6.07) is 12.0. The monoisotopic (exact) mass is 601 g/mol. The maximum Gasteiger partial charge on any atom is 0.308 e. The predicted molar refractivity (Wildman–Crippen MR) is 155 cm³/mol. The number of ether oxygens (including phenoxy) is 1. The Hall–Kier alpha value is -3.32. The van der Waals surface area contributed by atoms with Crippen LogP contribution in [0.5, 0.6) is 0 Å². The van der Waals surface area contributed by atoms with Crippen LogP contribution >= 0.6 is 22.9 Å². The van der Waals surface area contributed by atoms with Crippen molar-refractivity contribution in [1.29, 1.82) is 0 Å². The van der Waals surface area contributed by atoms with Gasteiger partial charge in [-0.2, -0.15) is 0 Å². The number of piperazine rings is 1. The number of carbonyl (C=O) groups is 2. The standard InChI is InChI=1S/C27H28ClN5O5S2/c1-26(2,3)38-21(34)12-27(11-15-4-7-18-19(8-15)31-14-32-23(18)29)13-30-25(24(35)33-27)40(36,37)22-9-16-5-6-17(28)10-20(16)39-22/h4-10,14,25,30H,11-13H2,1-3H3,(H,33,35)(H2,29,31,32)/t25?,27-/m0/s1. The highest BCUT2D eigenvalue weighted by Crippen LogP contribution is 2.34. The van der Waals surface area contributed by atoms with E-state index in [9.17, 15) is 18.0 Å². The molecule has 210 valence electrons. The number of hydrogen-bond donors (Lipinski definition) is 3. The Kier molecular flexibility index (Phi) is 7.24. The zero-order chi connectivity index (χ0) is 28.9. The zero-order valence-electron chi connectivity index (χ0n) is 22.0. The van der Waals surface area contributed by atoms with Crippen LogP contribution in [-0.4, -0.2) is 53.3 Å². The molecule has 13 heteroatoms. The number of amides is 1. The summed E-state index contributed by atoms with van der Waals surface area (Å²) >= 11 is 7.11. The predicted octanol–water partition coefficient (Wildman–Crippen LogP) is 3.61. The Bertz CT molecular complexity index is 1750. The van der Waals surface area contributed by atoms with Crippen molar-refractivity contribution in [3.05, 3.63) is 59.4 Å². The number of sulfone groups is 1. The molecule has 0 aliphatic carbocycles. The van der Waals surface area contributed by atoms with Crippen molar-refractivity contribution < 1.29 is 22.7 Å². The van der Waals surface area contributed by atoms with Gasteiger partial charge in [-0.15, -0.1) is 11.3 Å². The molecule has 0 bridgehead atoms. The van der Waals surface area contributed by atoms with Gasteiger partial charge in [-0.1, -0.05) is 23.7 Å². The molecule has 2 aromatic carbocycles. The number of thiophene rings is 1. The highest BCUT2D eigenvalue weighted by molar-refractivity contribution is 7.94. The van der Waals surface area contributed by atoms with Crippen LogP contribution in [0.3, 0.4) is 0 Å². The van der Waals surface area contributed by atoms with Crippen molar-refractivity contribution in [2.24, 2.45) is 0 Å². The van der Waals surface area contributed by atoms with Gasteiger partial charge < -0.3 is 15.8 Å². The number of nitrogens with one attached hydrogen (secondary N) is 2. The Morgan fingerprint density at radius 1 is 1.20 bits per heavy atom. The van der Waals surface area contributed by atoms with E-state index in [2.05, 4.69) is 20.6 Å². The van der Waals surface area contributed by atoms with Crippen LogP contribution < -0.4 is 16.4 Å². The third-order valence-electron chi connectivity index (χ3n) is 6.48. The van der Waals surface area contributed by atoms with E-state index in [0.717, 1.165) is 16.9 Å². The molecule has 0 saturated carbocycles. The SMILES string of the molecule is CC(C)(C)OC(=O)C[C@@]1(Cc2ccc3c(N)ncnc3c2)CNC(S(=O)(=O)c2cc3ccc(Cl)cc3s2)C(=O)N1. The molecule has 1 fully saturated rings. The van der Waals surface area contributed by atoms with Gasteiger partial charge in [-0.25, -0.2) is 18.4 Å². The van der Waals surface area contributed by atoms with Gasteiger partial charge in [-0.05, 0) is 68.5 Å². The lowest BCUT2D eigenvalue weighted by Gasteiger charge is -2.41. The van der Waals surface area contributed by atoms with E-state index < -0.39 is 38.2 Å². The van der Waals surface area contributed by atoms with E-state index in [1.807, 2.05) is 12.1 Å². The van der Waals surface area contributed by atoms with Crippen LogP contribution in [0.15, 0.2) is 53.0 Å². The van der Waals surface area contributed by atoms with E-state index >= 15 is 0 Å². The van der Waals surface area contributed by atoms with Crippen LogP contribution in [-0.2, 0) is 30.6 Å². The van der Waals surface area contributed by atoms with E-state index in [-0.39, 0.29) is 23.6 Å². The van der Waals surface area contributed by atoms with Crippen LogP contribution in [0.1, 0.15) is 32.8 Å². The van der Waals surface area contributed by atoms with Crippen LogP contribution in [0.25, 0.3) is 21.0 Å². The minimum absolute atomic E-state index is 0.00253. The maximum atomic E-state index is 13.5. The average Bonchev–Trinajstić information content (AvgIpc) is 3.27. The smallest absolute Gasteiger partial charge is 0.308 e. The zero-order valence-corrected chi connectivity index (χ0v) is 24.4. The molecule has 2 aromatic heterocycles. The largest absolute Gasteiger partial charge is 0.460 e. The van der Waals surface area contributed by atoms with Crippen molar-refractivity contribution in [2.75, 3.05) is 12.3 Å². The molecule has 1 unspecified atom stereocenters. The topological polar surface area (TPSA) is 153 Å². The molecule has 4 N–H and O–H groups in total. The lowest BCUT2D eigenvalue weighted by molar-refractivity contribution is -0.157. The average molecular weight is 602 g/mol. The fraction of sp³-hybridized carbons (Fsp3) is 0.333. The highest BCUT2D eigenvalue weighted by atomic mass is 35.5. The Labute approximate surface area is 240 Å². The summed E-state index contributed by atoms with van der Waals surface area (Å²) in [5, 5.41) is 6.12. The molecule has 4 aromatic rings. The molecule has 40 heavy (non-hydrogen) atoms. The maximum absolute atomic E-state index is 13.5. The summed E-state index contributed by atoms with van der Waals surface area (Å²) in [4.78, 5) is 34.7. The minimum Gasteiger partial charge on any atom is -0.460 e. The number of nitrogen functional groups attached to an aromatic ring is 1. The summed E-state index contributed by atoms with van der Waals surface area (Å²) in [5.41, 5.74) is 5.43. The Balaban J connectivity index is 1.45. The van der Waals surface area contributed by atoms with E-state index in [1.54, 1.807) is 45.0 Å². The normalized spacial score (nSPS) is 20.0. The number of hydrogen-bond acceptors (Lipinski definition) is 10. The van der Waals surface area contributed by atoms with Gasteiger partial charge in [0.1, 0.15) is 22.0 Å². The quantitative estimate of drug-likeness (QED) is 0.281. The first kappa shape index (κ1) is 28.2. The van der Waals surface area contributed by atoms with Gasteiger partial charge >= 0.3 is 5.97 Å². The molecular formula is C27H28ClN5O5S2. The summed E-state index contributed by atoms with van der Waals surface area (Å²) < 4.78 is 33.4. The van der Waals surface area contributed by atoms with Crippen molar-refractivity contribution in [3.63, 3.8) is 0 Å². The minimum atomic E-state index is -4.09. The molecule has 5 rings (SSSR count). The van der Waals surface area contributed by atoms with Gasteiger partial charge in [-0.3, -0.25) is 14.9 Å². The van der Waals surface area contributed by atoms with Crippen LogP contribution in [0.4, 0.5) is 5.82 Å². The first-order valence-corrected chi connectivity index (χ1v) is 15.2. The fourth-order valence-electron chi connectivity index (χ4n) is 4.79. The summed E-state index contributed by atoms with van der Waals surface area (Å²) in [6.45, 7) is 5.26. The second-order valence-corrected chi connectivity index (χ2v) is 14.7. The van der Waals surface area contributed by atoms with Crippen molar-refractivity contribution in [3.8, 4) is 0 Å². The first-order chi connectivity index (χ1) is 18.7. The van der Waals surface area contributed by atoms with Gasteiger partial charge in [0.05, 0.1) is 17.5 Å². The molecule has 1 aliphatic heterocycles. The molecule has 3 heterocycles. The number of anilines is 1. The van der Waals surface area contributed by atoms with Gasteiger partial charge in [0.25, 0.3) is 5.91 Å². The van der Waals surface area contributed by atoms with Crippen molar-refractivity contribution in [2.45, 2.75) is 54.3 Å². The van der Waals surface area contributed by atoms with Gasteiger partial charge in [0, 0.05) is 21.7 Å². The summed E-state index contributed by atoms with van der Waals surface area (Å²) in [5.74, 6) is -0.938. The molecule has 10 nitrogen and oxygen atoms in total. The Morgan fingerprint density at radius 3 is 2.70 bits per heavy atom. The second-order valence-electron chi connectivity index (χ2n) is 10.9. The molecule has 1 saturated heterocycles. The number of esters is 1. The fourth-order valence-corrected chi connectivity index (χ4v) is 8.05. The number of carbonyl (C=O) groups excluding carboxylic acids is 2. The third kappa shape index (κ3) is 5.75. The molecule has 1 aliphatic rings. The number of nitrogens with two attached hydrogens (primary N) is 1. The number of aromatic nitrogens is 2. The third-order valence-corrected chi connectivity index (χ3v) is 10.2.